The van der Waals surface area contributed by atoms with E-state index in [0.29, 0.717) is 31.6 Å². The number of amides is 1. The highest BCUT2D eigenvalue weighted by atomic mass is 16.5. The fraction of sp³-hybridized carbons (Fsp3) is 0.429. The molecule has 1 aliphatic rings. The molecule has 1 heterocycles. The van der Waals surface area contributed by atoms with E-state index in [9.17, 15) is 9.90 Å². The van der Waals surface area contributed by atoms with E-state index in [1.807, 2.05) is 54.7 Å². The average Bonchev–Trinajstić information content (AvgIpc) is 3.56. The molecule has 0 aliphatic heterocycles. The van der Waals surface area contributed by atoms with Crippen molar-refractivity contribution in [2.75, 3.05) is 6.61 Å². The quantitative estimate of drug-likeness (QED) is 0.274. The molecule has 34 heavy (non-hydrogen) atoms. The second-order valence-electron chi connectivity index (χ2n) is 9.16. The number of aromatic nitrogens is 2. The van der Waals surface area contributed by atoms with Gasteiger partial charge in [0.15, 0.2) is 0 Å². The number of carbonyl (C=O) groups is 1. The standard InChI is InChI=1S/C28H35N3O3/c1-2-3-4-9-18-34-26-11-6-5-10-24(26)21-31(28(33)16-7-8-17-28)27(32)23-14-12-22(13-15-23)25-19-29-30-20-25/h5-6,10-15,19-20,33H,2-4,7-9,16-18,21H2,1H3,(H,29,30). The van der Waals surface area contributed by atoms with Gasteiger partial charge in [0.25, 0.3) is 5.91 Å². The number of aromatic amines is 1. The molecule has 2 N–H and O–H groups in total. The normalized spacial score (nSPS) is 14.8. The molecule has 0 saturated heterocycles. The van der Waals surface area contributed by atoms with Crippen LogP contribution in [0, 0.1) is 0 Å². The summed E-state index contributed by atoms with van der Waals surface area (Å²) < 4.78 is 6.09. The zero-order valence-corrected chi connectivity index (χ0v) is 20.0. The Balaban J connectivity index is 1.54. The van der Waals surface area contributed by atoms with Crippen molar-refractivity contribution < 1.29 is 14.6 Å². The third-order valence-corrected chi connectivity index (χ3v) is 6.67. The Morgan fingerprint density at radius 2 is 1.82 bits per heavy atom. The maximum Gasteiger partial charge on any atom is 0.256 e. The van der Waals surface area contributed by atoms with Crippen LogP contribution in [0.15, 0.2) is 60.9 Å². The molecule has 2 aromatic carbocycles. The molecule has 0 radical (unpaired) electrons. The number of benzene rings is 2. The zero-order valence-electron chi connectivity index (χ0n) is 20.0. The first-order chi connectivity index (χ1) is 16.6. The third-order valence-electron chi connectivity index (χ3n) is 6.67. The number of carbonyl (C=O) groups excluding carboxylic acids is 1. The van der Waals surface area contributed by atoms with Crippen LogP contribution in [0.1, 0.15) is 74.2 Å². The van der Waals surface area contributed by atoms with Crippen molar-refractivity contribution in [3.05, 3.63) is 72.1 Å². The lowest BCUT2D eigenvalue weighted by molar-refractivity contribution is -0.0861. The van der Waals surface area contributed by atoms with Gasteiger partial charge in [0.05, 0.1) is 19.3 Å². The molecular weight excluding hydrogens is 426 g/mol. The van der Waals surface area contributed by atoms with E-state index >= 15 is 0 Å². The summed E-state index contributed by atoms with van der Waals surface area (Å²) in [6.45, 7) is 3.16. The first-order valence-corrected chi connectivity index (χ1v) is 12.4. The number of hydrogen-bond acceptors (Lipinski definition) is 4. The number of hydrogen-bond donors (Lipinski definition) is 2. The van der Waals surface area contributed by atoms with E-state index in [1.54, 1.807) is 11.1 Å². The van der Waals surface area contributed by atoms with Gasteiger partial charge in [0.2, 0.25) is 0 Å². The summed E-state index contributed by atoms with van der Waals surface area (Å²) in [7, 11) is 0. The van der Waals surface area contributed by atoms with Crippen LogP contribution in [0.4, 0.5) is 0 Å². The van der Waals surface area contributed by atoms with Crippen molar-refractivity contribution in [2.24, 2.45) is 0 Å². The maximum atomic E-state index is 13.7. The van der Waals surface area contributed by atoms with Crippen LogP contribution in [0.25, 0.3) is 11.1 Å². The van der Waals surface area contributed by atoms with E-state index in [2.05, 4.69) is 17.1 Å². The zero-order chi connectivity index (χ0) is 23.8. The highest BCUT2D eigenvalue weighted by Gasteiger charge is 2.41. The Morgan fingerprint density at radius 3 is 2.53 bits per heavy atom. The second kappa shape index (κ2) is 11.3. The summed E-state index contributed by atoms with van der Waals surface area (Å²) in [5.41, 5.74) is 2.29. The van der Waals surface area contributed by atoms with Crippen molar-refractivity contribution in [2.45, 2.75) is 70.6 Å². The number of rotatable bonds is 11. The van der Waals surface area contributed by atoms with Gasteiger partial charge < -0.3 is 14.7 Å². The van der Waals surface area contributed by atoms with Gasteiger partial charge in [0, 0.05) is 22.9 Å². The van der Waals surface area contributed by atoms with Gasteiger partial charge in [-0.1, -0.05) is 56.5 Å². The van der Waals surface area contributed by atoms with Gasteiger partial charge in [-0.05, 0) is 55.9 Å². The highest BCUT2D eigenvalue weighted by molar-refractivity contribution is 5.95. The van der Waals surface area contributed by atoms with Gasteiger partial charge in [0.1, 0.15) is 11.5 Å². The molecule has 0 spiro atoms. The Hall–Kier alpha value is -3.12. The Kier molecular flexibility index (Phi) is 8.01. The summed E-state index contributed by atoms with van der Waals surface area (Å²) in [6.07, 6.45) is 11.1. The molecule has 1 amide bonds. The number of nitrogens with zero attached hydrogens (tertiary/aromatic N) is 2. The van der Waals surface area contributed by atoms with Crippen molar-refractivity contribution in [1.82, 2.24) is 15.1 Å². The topological polar surface area (TPSA) is 78.5 Å². The summed E-state index contributed by atoms with van der Waals surface area (Å²) in [6, 6.07) is 15.3. The monoisotopic (exact) mass is 461 g/mol. The number of para-hydroxylation sites is 1. The molecule has 0 bridgehead atoms. The number of aliphatic hydroxyl groups is 1. The molecule has 1 aromatic heterocycles. The number of H-pyrrole nitrogens is 1. The third kappa shape index (κ3) is 5.68. The molecule has 4 rings (SSSR count). The van der Waals surface area contributed by atoms with Crippen LogP contribution >= 0.6 is 0 Å². The minimum atomic E-state index is -1.14. The lowest BCUT2D eigenvalue weighted by Gasteiger charge is -2.37. The minimum absolute atomic E-state index is 0.166. The van der Waals surface area contributed by atoms with Gasteiger partial charge in [-0.15, -0.1) is 0 Å². The summed E-state index contributed by atoms with van der Waals surface area (Å²) >= 11 is 0. The molecule has 1 aliphatic carbocycles. The lowest BCUT2D eigenvalue weighted by Crippen LogP contribution is -2.49. The molecule has 0 unspecified atom stereocenters. The van der Waals surface area contributed by atoms with Crippen molar-refractivity contribution in [3.63, 3.8) is 0 Å². The lowest BCUT2D eigenvalue weighted by atomic mass is 10.0. The van der Waals surface area contributed by atoms with Crippen molar-refractivity contribution in [3.8, 4) is 16.9 Å². The number of nitrogens with one attached hydrogen (secondary N) is 1. The largest absolute Gasteiger partial charge is 0.493 e. The second-order valence-corrected chi connectivity index (χ2v) is 9.16. The average molecular weight is 462 g/mol. The molecule has 6 nitrogen and oxygen atoms in total. The first kappa shape index (κ1) is 24.0. The van der Waals surface area contributed by atoms with Gasteiger partial charge in [-0.3, -0.25) is 9.89 Å². The molecule has 1 fully saturated rings. The predicted molar refractivity (Wildman–Crippen MR) is 133 cm³/mol. The summed E-state index contributed by atoms with van der Waals surface area (Å²) in [5, 5.41) is 18.3. The van der Waals surface area contributed by atoms with E-state index in [1.165, 1.54) is 12.8 Å². The fourth-order valence-corrected chi connectivity index (χ4v) is 4.65. The smallest absolute Gasteiger partial charge is 0.256 e. The molecule has 1 saturated carbocycles. The van der Waals surface area contributed by atoms with Gasteiger partial charge in [-0.2, -0.15) is 5.10 Å². The van der Waals surface area contributed by atoms with Crippen LogP contribution in [0.3, 0.4) is 0 Å². The Morgan fingerprint density at radius 1 is 1.06 bits per heavy atom. The van der Waals surface area contributed by atoms with Crippen LogP contribution in [-0.2, 0) is 6.54 Å². The van der Waals surface area contributed by atoms with E-state index < -0.39 is 5.72 Å². The minimum Gasteiger partial charge on any atom is -0.493 e. The fourth-order valence-electron chi connectivity index (χ4n) is 4.65. The number of unbranched alkanes of at least 4 members (excludes halogenated alkanes) is 3. The summed E-state index contributed by atoms with van der Waals surface area (Å²) in [4.78, 5) is 15.3. The van der Waals surface area contributed by atoms with Crippen molar-refractivity contribution >= 4 is 5.91 Å². The molecule has 180 valence electrons. The SMILES string of the molecule is CCCCCCOc1ccccc1CN(C(=O)c1ccc(-c2cn[nH]c2)cc1)C1(O)CCCC1. The molecule has 0 atom stereocenters. The highest BCUT2D eigenvalue weighted by Crippen LogP contribution is 2.36. The van der Waals surface area contributed by atoms with E-state index in [-0.39, 0.29) is 5.91 Å². The first-order valence-electron chi connectivity index (χ1n) is 12.4. The Bertz CT molecular complexity index is 1040. The Labute approximate surface area is 202 Å². The molecular formula is C28H35N3O3. The van der Waals surface area contributed by atoms with E-state index in [4.69, 9.17) is 4.74 Å². The van der Waals surface area contributed by atoms with Crippen LogP contribution < -0.4 is 4.74 Å². The number of ether oxygens (including phenoxy) is 1. The maximum absolute atomic E-state index is 13.7. The van der Waals surface area contributed by atoms with Gasteiger partial charge in [-0.25, -0.2) is 0 Å². The van der Waals surface area contributed by atoms with Crippen LogP contribution in [-0.4, -0.2) is 38.4 Å². The van der Waals surface area contributed by atoms with E-state index in [0.717, 1.165) is 48.1 Å². The van der Waals surface area contributed by atoms with Crippen molar-refractivity contribution in [1.29, 1.82) is 0 Å². The molecule has 3 aromatic rings. The predicted octanol–water partition coefficient (Wildman–Crippen LogP) is 5.94. The van der Waals surface area contributed by atoms with Crippen LogP contribution in [0.5, 0.6) is 5.75 Å². The van der Waals surface area contributed by atoms with Gasteiger partial charge >= 0.3 is 0 Å². The molecule has 6 heteroatoms. The summed E-state index contributed by atoms with van der Waals surface area (Å²) in [5.74, 6) is 0.620. The van der Waals surface area contributed by atoms with Crippen LogP contribution in [0.2, 0.25) is 0 Å².